The molecule has 1 amide bonds. The molecule has 7 nitrogen and oxygen atoms in total. The highest BCUT2D eigenvalue weighted by molar-refractivity contribution is 5.92. The Morgan fingerprint density at radius 1 is 1.38 bits per heavy atom. The molecule has 0 atom stereocenters. The minimum atomic E-state index is -0.493. The molecule has 104 valence electrons. The zero-order chi connectivity index (χ0) is 15.2. The van der Waals surface area contributed by atoms with Crippen LogP contribution >= 0.6 is 0 Å². The van der Waals surface area contributed by atoms with Crippen LogP contribution in [0.4, 0.5) is 5.69 Å². The molecular formula is C14H10N4O3. The van der Waals surface area contributed by atoms with Crippen LogP contribution in [0.2, 0.25) is 0 Å². The van der Waals surface area contributed by atoms with Gasteiger partial charge in [-0.15, -0.1) is 0 Å². The third-order valence-electron chi connectivity index (χ3n) is 2.70. The van der Waals surface area contributed by atoms with Gasteiger partial charge < -0.3 is 5.32 Å². The minimum Gasteiger partial charge on any atom is -0.347 e. The first-order valence-corrected chi connectivity index (χ1v) is 5.98. The average Bonchev–Trinajstić information content (AvgIpc) is 2.53. The zero-order valence-electron chi connectivity index (χ0n) is 10.8. The van der Waals surface area contributed by atoms with Crippen molar-refractivity contribution in [3.8, 4) is 6.07 Å². The molecule has 0 spiro atoms. The van der Waals surface area contributed by atoms with Crippen LogP contribution in [0, 0.1) is 21.4 Å². The summed E-state index contributed by atoms with van der Waals surface area (Å²) >= 11 is 0. The predicted octanol–water partition coefficient (Wildman–Crippen LogP) is 1.79. The van der Waals surface area contributed by atoms with Crippen molar-refractivity contribution < 1.29 is 9.72 Å². The molecule has 0 aliphatic rings. The van der Waals surface area contributed by atoms with Crippen LogP contribution in [0.5, 0.6) is 0 Å². The summed E-state index contributed by atoms with van der Waals surface area (Å²) in [5.41, 5.74) is 1.13. The SMILES string of the molecule is N#Cc1ccc(C(=O)NCc2cccc([N+](=O)[O-])c2)nc1. The summed E-state index contributed by atoms with van der Waals surface area (Å²) in [6, 6.07) is 10.9. The Kier molecular flexibility index (Phi) is 4.21. The maximum absolute atomic E-state index is 11.8. The van der Waals surface area contributed by atoms with Crippen LogP contribution in [-0.2, 0) is 6.54 Å². The monoisotopic (exact) mass is 282 g/mol. The van der Waals surface area contributed by atoms with Crippen molar-refractivity contribution in [2.75, 3.05) is 0 Å². The van der Waals surface area contributed by atoms with Gasteiger partial charge in [0.25, 0.3) is 11.6 Å². The smallest absolute Gasteiger partial charge is 0.270 e. The first-order valence-electron chi connectivity index (χ1n) is 5.98. The molecule has 0 saturated heterocycles. The van der Waals surface area contributed by atoms with E-state index >= 15 is 0 Å². The van der Waals surface area contributed by atoms with Gasteiger partial charge in [0, 0.05) is 24.9 Å². The van der Waals surface area contributed by atoms with Crippen molar-refractivity contribution in [1.29, 1.82) is 5.26 Å². The molecule has 1 heterocycles. The second-order valence-corrected chi connectivity index (χ2v) is 4.15. The average molecular weight is 282 g/mol. The second kappa shape index (κ2) is 6.25. The molecule has 0 aliphatic carbocycles. The highest BCUT2D eigenvalue weighted by Crippen LogP contribution is 2.12. The van der Waals surface area contributed by atoms with Crippen molar-refractivity contribution in [1.82, 2.24) is 10.3 Å². The fourth-order valence-corrected chi connectivity index (χ4v) is 1.65. The van der Waals surface area contributed by atoms with Crippen LogP contribution < -0.4 is 5.32 Å². The molecule has 0 radical (unpaired) electrons. The van der Waals surface area contributed by atoms with E-state index in [9.17, 15) is 14.9 Å². The quantitative estimate of drug-likeness (QED) is 0.679. The number of non-ortho nitro benzene ring substituents is 1. The highest BCUT2D eigenvalue weighted by atomic mass is 16.6. The lowest BCUT2D eigenvalue weighted by Crippen LogP contribution is -2.23. The number of benzene rings is 1. The normalized spacial score (nSPS) is 9.67. The minimum absolute atomic E-state index is 0.0294. The van der Waals surface area contributed by atoms with Gasteiger partial charge in [0.1, 0.15) is 11.8 Å². The van der Waals surface area contributed by atoms with E-state index in [0.29, 0.717) is 11.1 Å². The summed E-state index contributed by atoms with van der Waals surface area (Å²) in [6.45, 7) is 0.155. The van der Waals surface area contributed by atoms with E-state index in [0.717, 1.165) is 0 Å². The van der Waals surface area contributed by atoms with Gasteiger partial charge in [-0.1, -0.05) is 12.1 Å². The number of carbonyl (C=O) groups excluding carboxylic acids is 1. The molecule has 1 aromatic carbocycles. The summed E-state index contributed by atoms with van der Waals surface area (Å²) in [4.78, 5) is 25.9. The van der Waals surface area contributed by atoms with E-state index in [2.05, 4.69) is 10.3 Å². The van der Waals surface area contributed by atoms with E-state index in [-0.39, 0.29) is 17.9 Å². The Labute approximate surface area is 120 Å². The summed E-state index contributed by atoms with van der Waals surface area (Å²) < 4.78 is 0. The number of nitro benzene ring substituents is 1. The molecular weight excluding hydrogens is 272 g/mol. The zero-order valence-corrected chi connectivity index (χ0v) is 10.8. The Morgan fingerprint density at radius 3 is 2.81 bits per heavy atom. The Balaban J connectivity index is 2.02. The number of pyridine rings is 1. The Hall–Kier alpha value is -3.27. The number of rotatable bonds is 4. The molecule has 0 fully saturated rings. The Bertz CT molecular complexity index is 720. The fourth-order valence-electron chi connectivity index (χ4n) is 1.65. The van der Waals surface area contributed by atoms with Crippen molar-refractivity contribution in [3.63, 3.8) is 0 Å². The first kappa shape index (κ1) is 14.1. The topological polar surface area (TPSA) is 109 Å². The summed E-state index contributed by atoms with van der Waals surface area (Å²) in [5, 5.41) is 21.9. The van der Waals surface area contributed by atoms with Crippen molar-refractivity contribution in [2.24, 2.45) is 0 Å². The van der Waals surface area contributed by atoms with Crippen LogP contribution in [0.3, 0.4) is 0 Å². The van der Waals surface area contributed by atoms with Crippen LogP contribution in [0.1, 0.15) is 21.6 Å². The maximum atomic E-state index is 11.8. The van der Waals surface area contributed by atoms with Crippen LogP contribution in [0.15, 0.2) is 42.6 Å². The number of nitrogens with zero attached hydrogens (tertiary/aromatic N) is 3. The molecule has 0 bridgehead atoms. The number of amides is 1. The Morgan fingerprint density at radius 2 is 2.19 bits per heavy atom. The van der Waals surface area contributed by atoms with Gasteiger partial charge in [-0.3, -0.25) is 14.9 Å². The number of nitrogens with one attached hydrogen (secondary N) is 1. The van der Waals surface area contributed by atoms with Gasteiger partial charge in [-0.2, -0.15) is 5.26 Å². The molecule has 1 aromatic heterocycles. The lowest BCUT2D eigenvalue weighted by molar-refractivity contribution is -0.384. The lowest BCUT2D eigenvalue weighted by Gasteiger charge is -2.04. The summed E-state index contributed by atoms with van der Waals surface area (Å²) in [5.74, 6) is -0.411. The number of carbonyl (C=O) groups is 1. The maximum Gasteiger partial charge on any atom is 0.270 e. The van der Waals surface area contributed by atoms with E-state index in [1.54, 1.807) is 12.1 Å². The molecule has 0 aliphatic heterocycles. The third kappa shape index (κ3) is 3.61. The number of aromatic nitrogens is 1. The predicted molar refractivity (Wildman–Crippen MR) is 73.2 cm³/mol. The van der Waals surface area contributed by atoms with Crippen molar-refractivity contribution in [2.45, 2.75) is 6.54 Å². The molecule has 1 N–H and O–H groups in total. The summed E-state index contributed by atoms with van der Waals surface area (Å²) in [7, 11) is 0. The van der Waals surface area contributed by atoms with Gasteiger partial charge in [-0.05, 0) is 17.7 Å². The molecule has 2 rings (SSSR count). The molecule has 0 unspecified atom stereocenters. The largest absolute Gasteiger partial charge is 0.347 e. The van der Waals surface area contributed by atoms with E-state index in [4.69, 9.17) is 5.26 Å². The van der Waals surface area contributed by atoms with Gasteiger partial charge in [0.05, 0.1) is 10.5 Å². The number of nitriles is 1. The van der Waals surface area contributed by atoms with Gasteiger partial charge in [0.2, 0.25) is 0 Å². The molecule has 2 aromatic rings. The second-order valence-electron chi connectivity index (χ2n) is 4.15. The van der Waals surface area contributed by atoms with Crippen LogP contribution in [0.25, 0.3) is 0 Å². The molecule has 0 saturated carbocycles. The van der Waals surface area contributed by atoms with Gasteiger partial charge in [-0.25, -0.2) is 4.98 Å². The fraction of sp³-hybridized carbons (Fsp3) is 0.0714. The molecule has 7 heteroatoms. The van der Waals surface area contributed by atoms with Crippen molar-refractivity contribution in [3.05, 3.63) is 69.5 Å². The number of hydrogen-bond acceptors (Lipinski definition) is 5. The van der Waals surface area contributed by atoms with Crippen molar-refractivity contribution >= 4 is 11.6 Å². The highest BCUT2D eigenvalue weighted by Gasteiger charge is 2.09. The number of nitro groups is 1. The first-order chi connectivity index (χ1) is 10.1. The van der Waals surface area contributed by atoms with Crippen LogP contribution in [-0.4, -0.2) is 15.8 Å². The number of hydrogen-bond donors (Lipinski definition) is 1. The molecule has 21 heavy (non-hydrogen) atoms. The van der Waals surface area contributed by atoms with E-state index in [1.807, 2.05) is 6.07 Å². The van der Waals surface area contributed by atoms with E-state index in [1.165, 1.54) is 30.5 Å². The van der Waals surface area contributed by atoms with Gasteiger partial charge >= 0.3 is 0 Å². The lowest BCUT2D eigenvalue weighted by atomic mass is 10.2. The summed E-state index contributed by atoms with van der Waals surface area (Å²) in [6.07, 6.45) is 1.31. The van der Waals surface area contributed by atoms with Gasteiger partial charge in [0.15, 0.2) is 0 Å². The standard InChI is InChI=1S/C14H10N4O3/c15-7-11-4-5-13(16-9-11)14(19)17-8-10-2-1-3-12(6-10)18(20)21/h1-6,9H,8H2,(H,17,19). The van der Waals surface area contributed by atoms with E-state index < -0.39 is 10.8 Å². The third-order valence-corrected chi connectivity index (χ3v) is 2.70.